The second kappa shape index (κ2) is 18.3. The molecule has 11 aromatic rings. The number of halogens is 6. The topological polar surface area (TPSA) is 91.2 Å². The first kappa shape index (κ1) is 45.8. The van der Waals surface area contributed by atoms with Gasteiger partial charge < -0.3 is 4.57 Å². The minimum absolute atomic E-state index is 0.106. The lowest BCUT2D eigenvalue weighted by Crippen LogP contribution is -2.07. The highest BCUT2D eigenvalue weighted by molar-refractivity contribution is 6.13. The highest BCUT2D eigenvalue weighted by Gasteiger charge is 2.33. The Morgan fingerprint density at radius 2 is 0.712 bits per heavy atom. The molecule has 2 heterocycles. The smallest absolute Gasteiger partial charge is 0.308 e. The lowest BCUT2D eigenvalue weighted by Gasteiger charge is -2.22. The van der Waals surface area contributed by atoms with E-state index in [4.69, 9.17) is 15.0 Å². The summed E-state index contributed by atoms with van der Waals surface area (Å²) >= 11 is 0. The summed E-state index contributed by atoms with van der Waals surface area (Å²) in [6, 6.07) is 61.3. The van der Waals surface area contributed by atoms with E-state index >= 15 is 0 Å². The van der Waals surface area contributed by atoms with E-state index in [1.807, 2.05) is 126 Å². The minimum atomic E-state index is -4.76. The highest BCUT2D eigenvalue weighted by atomic mass is 19.4. The highest BCUT2D eigenvalue weighted by Crippen LogP contribution is 2.47. The largest absolute Gasteiger partial charge is 0.416 e. The summed E-state index contributed by atoms with van der Waals surface area (Å²) in [4.78, 5) is 14.7. The van der Waals surface area contributed by atoms with Gasteiger partial charge in [-0.2, -0.15) is 36.9 Å². The zero-order chi connectivity index (χ0) is 50.4. The van der Waals surface area contributed by atoms with Crippen molar-refractivity contribution in [3.05, 3.63) is 229 Å². The average molecular weight is 965 g/mol. The molecule has 0 fully saturated rings. The van der Waals surface area contributed by atoms with Crippen LogP contribution in [0, 0.1) is 22.7 Å². The van der Waals surface area contributed by atoms with Gasteiger partial charge in [0.2, 0.25) is 0 Å². The molecule has 0 spiro atoms. The van der Waals surface area contributed by atoms with Gasteiger partial charge in [-0.25, -0.2) is 15.0 Å². The molecule has 9 aromatic carbocycles. The van der Waals surface area contributed by atoms with Crippen molar-refractivity contribution in [3.63, 3.8) is 0 Å². The first-order valence-electron chi connectivity index (χ1n) is 22.8. The molecule has 350 valence electrons. The molecule has 0 unspecified atom stereocenters. The lowest BCUT2D eigenvalue weighted by atomic mass is 9.91. The van der Waals surface area contributed by atoms with Crippen LogP contribution in [-0.4, -0.2) is 19.5 Å². The standard InChI is InChI=1S/C61H34F6N6/c62-60(63,64)46-21-11-19-39(29-46)50-33-45(59-71-57(37-13-3-1-4-14-37)70-58(72-59)38-15-5-2-6-16-38)34-51(40-20-12-22-47(30-40)61(65,66)67)56(50)73-54-27-25-41(48-23-9-7-17-43(48)35-68)31-52(54)53-32-42(26-28-55(53)73)49-24-10-8-18-44(49)36-69/h1-34H. The van der Waals surface area contributed by atoms with Crippen molar-refractivity contribution in [3.8, 4) is 96.5 Å². The molecule has 0 aliphatic carbocycles. The van der Waals surface area contributed by atoms with Crippen molar-refractivity contribution in [2.75, 3.05) is 0 Å². The Labute approximate surface area is 414 Å². The normalized spacial score (nSPS) is 11.7. The Hall–Kier alpha value is -9.65. The number of fused-ring (bicyclic) bond motifs is 3. The molecule has 73 heavy (non-hydrogen) atoms. The van der Waals surface area contributed by atoms with Gasteiger partial charge in [0.05, 0.1) is 51.1 Å². The van der Waals surface area contributed by atoms with Crippen LogP contribution in [-0.2, 0) is 12.4 Å². The number of alkyl halides is 6. The van der Waals surface area contributed by atoms with Crippen LogP contribution in [0.5, 0.6) is 0 Å². The zero-order valence-corrected chi connectivity index (χ0v) is 38.1. The van der Waals surface area contributed by atoms with Crippen molar-refractivity contribution < 1.29 is 26.3 Å². The fraction of sp³-hybridized carbons (Fsp3) is 0.0328. The molecule has 0 saturated heterocycles. The molecule has 0 aliphatic heterocycles. The van der Waals surface area contributed by atoms with Crippen molar-refractivity contribution in [2.45, 2.75) is 12.4 Å². The Kier molecular flexibility index (Phi) is 11.5. The Bertz CT molecular complexity index is 3780. The number of rotatable bonds is 8. The van der Waals surface area contributed by atoms with E-state index < -0.39 is 23.5 Å². The quantitative estimate of drug-likeness (QED) is 0.142. The van der Waals surface area contributed by atoms with Crippen molar-refractivity contribution >= 4 is 21.8 Å². The first-order chi connectivity index (χ1) is 35.4. The predicted octanol–water partition coefficient (Wildman–Crippen LogP) is 16.4. The molecule has 0 aliphatic rings. The number of hydrogen-bond acceptors (Lipinski definition) is 5. The van der Waals surface area contributed by atoms with Crippen LogP contribution in [0.4, 0.5) is 26.3 Å². The van der Waals surface area contributed by atoms with Gasteiger partial charge in [0.1, 0.15) is 0 Å². The van der Waals surface area contributed by atoms with Gasteiger partial charge in [0.15, 0.2) is 17.5 Å². The average Bonchev–Trinajstić information content (AvgIpc) is 3.75. The molecular weight excluding hydrogens is 931 g/mol. The van der Waals surface area contributed by atoms with Crippen molar-refractivity contribution in [1.29, 1.82) is 10.5 Å². The lowest BCUT2D eigenvalue weighted by molar-refractivity contribution is -0.138. The second-order valence-electron chi connectivity index (χ2n) is 17.2. The van der Waals surface area contributed by atoms with E-state index in [0.717, 1.165) is 24.3 Å². The van der Waals surface area contributed by atoms with Gasteiger partial charge in [-0.15, -0.1) is 0 Å². The summed E-state index contributed by atoms with van der Waals surface area (Å²) in [5.74, 6) is 0.698. The van der Waals surface area contributed by atoms with Crippen LogP contribution < -0.4 is 0 Å². The third-order valence-electron chi connectivity index (χ3n) is 12.8. The summed E-state index contributed by atoms with van der Waals surface area (Å²) in [5, 5.41) is 21.6. The Balaban J connectivity index is 1.30. The monoisotopic (exact) mass is 964 g/mol. The minimum Gasteiger partial charge on any atom is -0.308 e. The van der Waals surface area contributed by atoms with Crippen LogP contribution in [0.1, 0.15) is 22.3 Å². The summed E-state index contributed by atoms with van der Waals surface area (Å²) in [5.41, 5.74) is 5.24. The predicted molar refractivity (Wildman–Crippen MR) is 272 cm³/mol. The van der Waals surface area contributed by atoms with Gasteiger partial charge in [-0.1, -0.05) is 133 Å². The van der Waals surface area contributed by atoms with E-state index in [2.05, 4.69) is 12.1 Å². The third kappa shape index (κ3) is 8.62. The van der Waals surface area contributed by atoms with Gasteiger partial charge in [-0.05, 0) is 106 Å². The molecule has 0 saturated carbocycles. The van der Waals surface area contributed by atoms with Gasteiger partial charge in [-0.3, -0.25) is 0 Å². The molecule has 6 nitrogen and oxygen atoms in total. The maximum atomic E-state index is 14.8. The van der Waals surface area contributed by atoms with Crippen molar-refractivity contribution in [1.82, 2.24) is 19.5 Å². The van der Waals surface area contributed by atoms with E-state index in [9.17, 15) is 36.9 Å². The molecule has 0 amide bonds. The number of nitrogens with zero attached hydrogens (tertiary/aromatic N) is 6. The van der Waals surface area contributed by atoms with E-state index in [1.165, 1.54) is 24.3 Å². The molecule has 0 bridgehead atoms. The fourth-order valence-electron chi connectivity index (χ4n) is 9.37. The summed E-state index contributed by atoms with van der Waals surface area (Å²) < 4.78 is 90.7. The number of hydrogen-bond donors (Lipinski definition) is 0. The molecular formula is C61H34F6N6. The second-order valence-corrected chi connectivity index (χ2v) is 17.2. The molecule has 0 atom stereocenters. The van der Waals surface area contributed by atoms with Gasteiger partial charge >= 0.3 is 12.4 Å². The fourth-order valence-corrected chi connectivity index (χ4v) is 9.37. The number of benzene rings is 9. The van der Waals surface area contributed by atoms with Crippen LogP contribution in [0.25, 0.3) is 106 Å². The van der Waals surface area contributed by atoms with E-state index in [1.54, 1.807) is 36.4 Å². The summed E-state index contributed by atoms with van der Waals surface area (Å²) in [6.45, 7) is 0. The molecule has 12 heteroatoms. The van der Waals surface area contributed by atoms with E-state index in [-0.39, 0.29) is 39.3 Å². The first-order valence-corrected chi connectivity index (χ1v) is 22.8. The number of nitriles is 2. The van der Waals surface area contributed by atoms with Crippen molar-refractivity contribution in [2.24, 2.45) is 0 Å². The summed E-state index contributed by atoms with van der Waals surface area (Å²) in [7, 11) is 0. The van der Waals surface area contributed by atoms with Crippen LogP contribution in [0.15, 0.2) is 206 Å². The van der Waals surface area contributed by atoms with Crippen LogP contribution in [0.3, 0.4) is 0 Å². The molecule has 0 N–H and O–H groups in total. The maximum absolute atomic E-state index is 14.8. The van der Waals surface area contributed by atoms with Gasteiger partial charge in [0.25, 0.3) is 0 Å². The maximum Gasteiger partial charge on any atom is 0.416 e. The number of aromatic nitrogens is 4. The van der Waals surface area contributed by atoms with Gasteiger partial charge in [0, 0.05) is 38.6 Å². The SMILES string of the molecule is N#Cc1ccccc1-c1ccc2c(c1)c1cc(-c3ccccc3C#N)ccc1n2-c1c(-c2cccc(C(F)(F)F)c2)cc(-c2nc(-c3ccccc3)nc(-c3ccccc3)n2)cc1-c1cccc(C(F)(F)F)c1. The molecule has 0 radical (unpaired) electrons. The molecule has 11 rings (SSSR count). The van der Waals surface area contributed by atoms with E-state index in [0.29, 0.717) is 78.0 Å². The van der Waals surface area contributed by atoms with Crippen LogP contribution in [0.2, 0.25) is 0 Å². The molecule has 2 aromatic heterocycles. The van der Waals surface area contributed by atoms with Crippen LogP contribution >= 0.6 is 0 Å². The zero-order valence-electron chi connectivity index (χ0n) is 38.1. The summed E-state index contributed by atoms with van der Waals surface area (Å²) in [6.07, 6.45) is -9.53. The third-order valence-corrected chi connectivity index (χ3v) is 12.8. The Morgan fingerprint density at radius 3 is 1.12 bits per heavy atom. The Morgan fingerprint density at radius 1 is 0.342 bits per heavy atom.